The van der Waals surface area contributed by atoms with E-state index in [4.69, 9.17) is 9.26 Å². The van der Waals surface area contributed by atoms with Gasteiger partial charge in [0, 0.05) is 6.07 Å². The summed E-state index contributed by atoms with van der Waals surface area (Å²) in [5.74, 6) is 0.248. The van der Waals surface area contributed by atoms with Gasteiger partial charge in [-0.1, -0.05) is 27.7 Å². The van der Waals surface area contributed by atoms with Crippen LogP contribution in [0.2, 0.25) is 0 Å². The molecule has 1 heterocycles. The van der Waals surface area contributed by atoms with Gasteiger partial charge in [-0.25, -0.2) is 4.79 Å². The second-order valence-electron chi connectivity index (χ2n) is 2.45. The largest absolute Gasteiger partial charge is 0.461 e. The number of carbonyl (C=O) groups excluding carboxylic acids is 1. The van der Waals surface area contributed by atoms with E-state index < -0.39 is 5.97 Å². The van der Waals surface area contributed by atoms with Crippen LogP contribution in [0.25, 0.3) is 0 Å². The first kappa shape index (κ1) is 10.5. The summed E-state index contributed by atoms with van der Waals surface area (Å²) in [4.78, 5) is 11.1. The predicted molar refractivity (Wildman–Crippen MR) is 54.9 cm³/mol. The summed E-state index contributed by atoms with van der Waals surface area (Å²) in [6.07, 6.45) is 0. The van der Waals surface area contributed by atoms with Crippen LogP contribution in [0.3, 0.4) is 0 Å². The van der Waals surface area contributed by atoms with Crippen molar-refractivity contribution in [2.24, 2.45) is 0 Å². The summed E-state index contributed by atoms with van der Waals surface area (Å²) in [5.41, 5.74) is 0.236. The van der Waals surface area contributed by atoms with Crippen LogP contribution in [0.5, 0.6) is 0 Å². The van der Waals surface area contributed by atoms with E-state index in [1.54, 1.807) is 13.0 Å². The van der Waals surface area contributed by atoms with Crippen LogP contribution in [0.4, 0.5) is 0 Å². The molecule has 0 aliphatic heterocycles. The Bertz CT molecular complexity index is 295. The molecule has 0 saturated carbocycles. The number of esters is 1. The summed E-state index contributed by atoms with van der Waals surface area (Å²) in [6.45, 7) is 4.05. The SMILES string of the molecule is CCOC(=O)c1cc([C@H](C)I)on1. The zero-order valence-corrected chi connectivity index (χ0v) is 9.57. The average molecular weight is 295 g/mol. The third-order valence-corrected chi connectivity index (χ3v) is 2.02. The summed E-state index contributed by atoms with van der Waals surface area (Å²) < 4.78 is 9.89. The lowest BCUT2D eigenvalue weighted by molar-refractivity contribution is 0.0514. The molecule has 72 valence electrons. The Labute approximate surface area is 89.8 Å². The summed E-state index contributed by atoms with van der Waals surface area (Å²) in [5, 5.41) is 3.60. The predicted octanol–water partition coefficient (Wildman–Crippen LogP) is 2.35. The molecule has 1 atom stereocenters. The highest BCUT2D eigenvalue weighted by Crippen LogP contribution is 2.22. The summed E-state index contributed by atoms with van der Waals surface area (Å²) in [6, 6.07) is 1.61. The molecule has 0 spiro atoms. The molecular weight excluding hydrogens is 285 g/mol. The maximum Gasteiger partial charge on any atom is 0.360 e. The van der Waals surface area contributed by atoms with E-state index in [0.717, 1.165) is 0 Å². The molecule has 0 aliphatic rings. The number of carbonyl (C=O) groups is 1. The quantitative estimate of drug-likeness (QED) is 0.488. The minimum Gasteiger partial charge on any atom is -0.461 e. The first-order valence-corrected chi connectivity index (χ1v) is 5.17. The zero-order chi connectivity index (χ0) is 9.84. The van der Waals surface area contributed by atoms with E-state index in [1.165, 1.54) is 0 Å². The Balaban J connectivity index is 2.73. The van der Waals surface area contributed by atoms with E-state index >= 15 is 0 Å². The minimum atomic E-state index is -0.436. The molecule has 5 heteroatoms. The second kappa shape index (κ2) is 4.59. The minimum absolute atomic E-state index is 0.202. The van der Waals surface area contributed by atoms with E-state index in [0.29, 0.717) is 12.4 Å². The highest BCUT2D eigenvalue weighted by atomic mass is 127. The van der Waals surface area contributed by atoms with Crippen molar-refractivity contribution in [2.45, 2.75) is 17.8 Å². The molecule has 0 bridgehead atoms. The van der Waals surface area contributed by atoms with E-state index in [1.807, 2.05) is 6.92 Å². The highest BCUT2D eigenvalue weighted by molar-refractivity contribution is 14.1. The maximum absolute atomic E-state index is 11.1. The second-order valence-corrected chi connectivity index (χ2v) is 4.32. The molecule has 4 nitrogen and oxygen atoms in total. The third kappa shape index (κ3) is 2.68. The van der Waals surface area contributed by atoms with Crippen LogP contribution in [0.1, 0.15) is 34.0 Å². The van der Waals surface area contributed by atoms with Crippen LogP contribution < -0.4 is 0 Å². The van der Waals surface area contributed by atoms with Gasteiger partial charge in [0.25, 0.3) is 0 Å². The number of hydrogen-bond donors (Lipinski definition) is 0. The molecule has 0 fully saturated rings. The van der Waals surface area contributed by atoms with Crippen LogP contribution in [0.15, 0.2) is 10.6 Å². The van der Waals surface area contributed by atoms with Crippen molar-refractivity contribution in [3.05, 3.63) is 17.5 Å². The Morgan fingerprint density at radius 3 is 3.00 bits per heavy atom. The Morgan fingerprint density at radius 1 is 1.85 bits per heavy atom. The number of alkyl halides is 1. The molecule has 1 aromatic heterocycles. The Hall–Kier alpha value is -0.590. The van der Waals surface area contributed by atoms with Crippen molar-refractivity contribution in [2.75, 3.05) is 6.61 Å². The van der Waals surface area contributed by atoms with Gasteiger partial charge in [-0.2, -0.15) is 0 Å². The number of nitrogens with zero attached hydrogens (tertiary/aromatic N) is 1. The van der Waals surface area contributed by atoms with Crippen LogP contribution in [-0.2, 0) is 4.74 Å². The first-order chi connectivity index (χ1) is 6.15. The van der Waals surface area contributed by atoms with Crippen molar-refractivity contribution in [1.29, 1.82) is 0 Å². The molecular formula is C8H10INO3. The van der Waals surface area contributed by atoms with Crippen molar-refractivity contribution in [3.63, 3.8) is 0 Å². The molecule has 0 unspecified atom stereocenters. The topological polar surface area (TPSA) is 52.3 Å². The standard InChI is InChI=1S/C8H10INO3/c1-3-12-8(11)6-4-7(5(2)9)13-10-6/h4-5H,3H2,1-2H3/t5-/m0/s1. The fraction of sp³-hybridized carbons (Fsp3) is 0.500. The Morgan fingerprint density at radius 2 is 2.54 bits per heavy atom. The number of ether oxygens (including phenoxy) is 1. The molecule has 0 saturated heterocycles. The van der Waals surface area contributed by atoms with Gasteiger partial charge in [0.15, 0.2) is 5.69 Å². The van der Waals surface area contributed by atoms with Gasteiger partial charge >= 0.3 is 5.97 Å². The number of hydrogen-bond acceptors (Lipinski definition) is 4. The molecule has 0 aromatic carbocycles. The van der Waals surface area contributed by atoms with E-state index in [-0.39, 0.29) is 9.62 Å². The van der Waals surface area contributed by atoms with Crippen LogP contribution >= 0.6 is 22.6 Å². The lowest BCUT2D eigenvalue weighted by atomic mass is 10.3. The number of rotatable bonds is 3. The van der Waals surface area contributed by atoms with E-state index in [2.05, 4.69) is 27.7 Å². The van der Waals surface area contributed by atoms with Gasteiger partial charge in [0.1, 0.15) is 5.76 Å². The molecule has 0 radical (unpaired) electrons. The lowest BCUT2D eigenvalue weighted by Crippen LogP contribution is -2.04. The van der Waals surface area contributed by atoms with Crippen LogP contribution in [0, 0.1) is 0 Å². The molecule has 0 N–H and O–H groups in total. The summed E-state index contributed by atoms with van der Waals surface area (Å²) in [7, 11) is 0. The van der Waals surface area contributed by atoms with Gasteiger partial charge < -0.3 is 9.26 Å². The van der Waals surface area contributed by atoms with Gasteiger partial charge in [-0.15, -0.1) is 0 Å². The normalized spacial score (nSPS) is 12.5. The molecule has 0 amide bonds. The highest BCUT2D eigenvalue weighted by Gasteiger charge is 2.15. The van der Waals surface area contributed by atoms with Gasteiger partial charge in [-0.05, 0) is 13.8 Å². The third-order valence-electron chi connectivity index (χ3n) is 1.41. The monoisotopic (exact) mass is 295 g/mol. The van der Waals surface area contributed by atoms with Gasteiger partial charge in [0.2, 0.25) is 0 Å². The Kier molecular flexibility index (Phi) is 3.71. The fourth-order valence-corrected chi connectivity index (χ4v) is 1.07. The zero-order valence-electron chi connectivity index (χ0n) is 7.41. The van der Waals surface area contributed by atoms with Crippen molar-refractivity contribution < 1.29 is 14.1 Å². The van der Waals surface area contributed by atoms with E-state index in [9.17, 15) is 4.79 Å². The van der Waals surface area contributed by atoms with Crippen molar-refractivity contribution >= 4 is 28.6 Å². The maximum atomic E-state index is 11.1. The van der Waals surface area contributed by atoms with Crippen molar-refractivity contribution in [1.82, 2.24) is 5.16 Å². The average Bonchev–Trinajstić information content (AvgIpc) is 2.52. The van der Waals surface area contributed by atoms with Gasteiger partial charge in [-0.3, -0.25) is 0 Å². The fourth-order valence-electron chi connectivity index (χ4n) is 0.778. The smallest absolute Gasteiger partial charge is 0.360 e. The first-order valence-electron chi connectivity index (χ1n) is 3.93. The lowest BCUT2D eigenvalue weighted by Gasteiger charge is -1.94. The van der Waals surface area contributed by atoms with Gasteiger partial charge in [0.05, 0.1) is 10.5 Å². The molecule has 13 heavy (non-hydrogen) atoms. The molecule has 1 rings (SSSR count). The number of aromatic nitrogens is 1. The summed E-state index contributed by atoms with van der Waals surface area (Å²) >= 11 is 2.18. The number of halogens is 1. The molecule has 1 aromatic rings. The molecule has 0 aliphatic carbocycles. The van der Waals surface area contributed by atoms with Crippen LogP contribution in [-0.4, -0.2) is 17.7 Å². The van der Waals surface area contributed by atoms with Crippen molar-refractivity contribution in [3.8, 4) is 0 Å².